The molecule has 2 aliphatic heterocycles. The van der Waals surface area contributed by atoms with Gasteiger partial charge in [-0.1, -0.05) is 18.2 Å². The number of anilines is 2. The Kier molecular flexibility index (Phi) is 4.94. The second-order valence-electron chi connectivity index (χ2n) is 6.73. The van der Waals surface area contributed by atoms with Crippen LogP contribution in [0, 0.1) is 0 Å². The Bertz CT molecular complexity index is 977. The van der Waals surface area contributed by atoms with Crippen molar-refractivity contribution in [2.45, 2.75) is 19.5 Å². The summed E-state index contributed by atoms with van der Waals surface area (Å²) in [6.07, 6.45) is 0. The molecule has 0 fully saturated rings. The first-order chi connectivity index (χ1) is 14.0. The Morgan fingerprint density at radius 3 is 2.83 bits per heavy atom. The number of para-hydroxylation sites is 2. The molecule has 3 N–H and O–H groups in total. The predicted molar refractivity (Wildman–Crippen MR) is 105 cm³/mol. The highest BCUT2D eigenvalue weighted by molar-refractivity contribution is 6.10. The van der Waals surface area contributed by atoms with Crippen molar-refractivity contribution in [3.05, 3.63) is 48.0 Å². The van der Waals surface area contributed by atoms with Gasteiger partial charge in [0.25, 0.3) is 0 Å². The van der Waals surface area contributed by atoms with E-state index in [0.29, 0.717) is 22.9 Å². The number of hydrogen-bond acceptors (Lipinski definition) is 5. The minimum Gasteiger partial charge on any atom is -0.454 e. The van der Waals surface area contributed by atoms with Gasteiger partial charge in [-0.2, -0.15) is 0 Å². The third kappa shape index (κ3) is 3.93. The standard InChI is InChI=1S/C20H20N4O5/c1-12(19(26)21-9-13-6-7-16-17(8-13)29-11-28-16)22-20(27)24-10-18(25)23-14-4-2-3-5-15(14)24/h2-8,12H,9-11H2,1H3,(H,21,26)(H,22,27)(H,23,25). The van der Waals surface area contributed by atoms with Crippen LogP contribution in [-0.2, 0) is 16.1 Å². The monoisotopic (exact) mass is 396 g/mol. The SMILES string of the molecule is CC(NC(=O)N1CC(=O)Nc2ccccc21)C(=O)NCc1ccc2c(c1)OCO2. The van der Waals surface area contributed by atoms with Gasteiger partial charge in [0, 0.05) is 6.54 Å². The molecule has 0 saturated carbocycles. The van der Waals surface area contributed by atoms with E-state index < -0.39 is 12.1 Å². The first-order valence-corrected chi connectivity index (χ1v) is 9.14. The molecule has 150 valence electrons. The number of carbonyl (C=O) groups excluding carboxylic acids is 3. The predicted octanol–water partition coefficient (Wildman–Crippen LogP) is 1.59. The molecule has 0 aromatic heterocycles. The van der Waals surface area contributed by atoms with Gasteiger partial charge in [0.05, 0.1) is 11.4 Å². The first kappa shape index (κ1) is 18.6. The van der Waals surface area contributed by atoms with Crippen molar-refractivity contribution in [3.8, 4) is 11.5 Å². The number of carbonyl (C=O) groups is 3. The highest BCUT2D eigenvalue weighted by Gasteiger charge is 2.28. The molecular formula is C20H20N4O5. The average molecular weight is 396 g/mol. The maximum absolute atomic E-state index is 12.6. The van der Waals surface area contributed by atoms with Crippen molar-refractivity contribution in [3.63, 3.8) is 0 Å². The van der Waals surface area contributed by atoms with Crippen LogP contribution in [-0.4, -0.2) is 37.2 Å². The first-order valence-electron chi connectivity index (χ1n) is 9.14. The molecule has 29 heavy (non-hydrogen) atoms. The van der Waals surface area contributed by atoms with Crippen LogP contribution in [0.4, 0.5) is 16.2 Å². The van der Waals surface area contributed by atoms with Crippen LogP contribution in [0.15, 0.2) is 42.5 Å². The van der Waals surface area contributed by atoms with Gasteiger partial charge in [0.1, 0.15) is 12.6 Å². The number of benzene rings is 2. The van der Waals surface area contributed by atoms with Crippen LogP contribution < -0.4 is 30.3 Å². The molecule has 2 aliphatic rings. The average Bonchev–Trinajstić information content (AvgIpc) is 3.19. The molecule has 4 rings (SSSR count). The summed E-state index contributed by atoms with van der Waals surface area (Å²) < 4.78 is 10.6. The Morgan fingerprint density at radius 2 is 1.97 bits per heavy atom. The molecule has 0 saturated heterocycles. The maximum Gasteiger partial charge on any atom is 0.323 e. The molecule has 0 spiro atoms. The number of ether oxygens (including phenoxy) is 2. The Hall–Kier alpha value is -3.75. The highest BCUT2D eigenvalue weighted by atomic mass is 16.7. The van der Waals surface area contributed by atoms with E-state index in [0.717, 1.165) is 5.56 Å². The fourth-order valence-corrected chi connectivity index (χ4v) is 3.14. The number of hydrogen-bond donors (Lipinski definition) is 3. The van der Waals surface area contributed by atoms with Crippen LogP contribution in [0.2, 0.25) is 0 Å². The third-order valence-corrected chi connectivity index (χ3v) is 4.65. The van der Waals surface area contributed by atoms with Crippen LogP contribution >= 0.6 is 0 Å². The number of amides is 4. The van der Waals surface area contributed by atoms with E-state index in [4.69, 9.17) is 9.47 Å². The molecule has 9 heteroatoms. The zero-order valence-corrected chi connectivity index (χ0v) is 15.7. The van der Waals surface area contributed by atoms with E-state index in [-0.39, 0.29) is 31.7 Å². The third-order valence-electron chi connectivity index (χ3n) is 4.65. The lowest BCUT2D eigenvalue weighted by molar-refractivity contribution is -0.122. The van der Waals surface area contributed by atoms with Crippen LogP contribution in [0.3, 0.4) is 0 Å². The van der Waals surface area contributed by atoms with Crippen LogP contribution in [0.1, 0.15) is 12.5 Å². The molecule has 2 aromatic rings. The highest BCUT2D eigenvalue weighted by Crippen LogP contribution is 2.32. The smallest absolute Gasteiger partial charge is 0.323 e. The summed E-state index contributed by atoms with van der Waals surface area (Å²) in [4.78, 5) is 38.2. The lowest BCUT2D eigenvalue weighted by atomic mass is 10.2. The summed E-state index contributed by atoms with van der Waals surface area (Å²) in [5.41, 5.74) is 1.99. The van der Waals surface area contributed by atoms with Crippen LogP contribution in [0.5, 0.6) is 11.5 Å². The second-order valence-corrected chi connectivity index (χ2v) is 6.73. The summed E-state index contributed by atoms with van der Waals surface area (Å²) >= 11 is 0. The minimum atomic E-state index is -0.784. The molecule has 1 unspecified atom stereocenters. The second kappa shape index (κ2) is 7.70. The Morgan fingerprint density at radius 1 is 1.17 bits per heavy atom. The Labute approximate surface area is 167 Å². The van der Waals surface area contributed by atoms with Crippen LogP contribution in [0.25, 0.3) is 0 Å². The van der Waals surface area contributed by atoms with Gasteiger partial charge in [-0.25, -0.2) is 4.79 Å². The van der Waals surface area contributed by atoms with Gasteiger partial charge in [-0.15, -0.1) is 0 Å². The van der Waals surface area contributed by atoms with Gasteiger partial charge in [-0.3, -0.25) is 14.5 Å². The van der Waals surface area contributed by atoms with Gasteiger partial charge < -0.3 is 25.4 Å². The largest absolute Gasteiger partial charge is 0.454 e. The maximum atomic E-state index is 12.6. The van der Waals surface area contributed by atoms with Gasteiger partial charge >= 0.3 is 6.03 Å². The van der Waals surface area contributed by atoms with E-state index in [1.807, 2.05) is 6.07 Å². The lowest BCUT2D eigenvalue weighted by Crippen LogP contribution is -2.52. The van der Waals surface area contributed by atoms with Gasteiger partial charge in [-0.05, 0) is 36.8 Å². The van der Waals surface area contributed by atoms with Crippen molar-refractivity contribution in [1.29, 1.82) is 0 Å². The molecule has 4 amide bonds. The Balaban J connectivity index is 1.35. The number of rotatable bonds is 4. The molecule has 0 bridgehead atoms. The zero-order valence-electron chi connectivity index (χ0n) is 15.7. The van der Waals surface area contributed by atoms with Crippen molar-refractivity contribution in [2.75, 3.05) is 23.6 Å². The molecule has 1 atom stereocenters. The number of nitrogens with one attached hydrogen (secondary N) is 3. The summed E-state index contributed by atoms with van der Waals surface area (Å²) in [6, 6.07) is 11.1. The summed E-state index contributed by atoms with van der Waals surface area (Å²) in [6.45, 7) is 1.94. The lowest BCUT2D eigenvalue weighted by Gasteiger charge is -2.30. The summed E-state index contributed by atoms with van der Waals surface area (Å²) in [5.74, 6) is 0.677. The fraction of sp³-hybridized carbons (Fsp3) is 0.250. The molecule has 0 aliphatic carbocycles. The number of urea groups is 1. The summed E-state index contributed by atoms with van der Waals surface area (Å²) in [5, 5.41) is 8.14. The normalized spacial score (nSPS) is 15.2. The summed E-state index contributed by atoms with van der Waals surface area (Å²) in [7, 11) is 0. The van der Waals surface area contributed by atoms with Gasteiger partial charge in [0.15, 0.2) is 11.5 Å². The number of fused-ring (bicyclic) bond motifs is 2. The van der Waals surface area contributed by atoms with Crippen molar-refractivity contribution in [2.24, 2.45) is 0 Å². The zero-order chi connectivity index (χ0) is 20.4. The van der Waals surface area contributed by atoms with E-state index in [2.05, 4.69) is 16.0 Å². The quantitative estimate of drug-likeness (QED) is 0.727. The van der Waals surface area contributed by atoms with Gasteiger partial charge in [0.2, 0.25) is 18.6 Å². The molecule has 2 aromatic carbocycles. The topological polar surface area (TPSA) is 109 Å². The molecule has 0 radical (unpaired) electrons. The minimum absolute atomic E-state index is 0.117. The fourth-order valence-electron chi connectivity index (χ4n) is 3.14. The molecule has 9 nitrogen and oxygen atoms in total. The molecule has 2 heterocycles. The number of nitrogens with zero attached hydrogens (tertiary/aromatic N) is 1. The van der Waals surface area contributed by atoms with E-state index >= 15 is 0 Å². The van der Waals surface area contributed by atoms with Crippen molar-refractivity contribution >= 4 is 29.2 Å². The van der Waals surface area contributed by atoms with Crippen molar-refractivity contribution < 1.29 is 23.9 Å². The van der Waals surface area contributed by atoms with E-state index in [1.54, 1.807) is 43.3 Å². The van der Waals surface area contributed by atoms with E-state index in [1.165, 1.54) is 4.90 Å². The van der Waals surface area contributed by atoms with Crippen molar-refractivity contribution in [1.82, 2.24) is 10.6 Å². The van der Waals surface area contributed by atoms with E-state index in [9.17, 15) is 14.4 Å². The molecular weight excluding hydrogens is 376 g/mol.